The van der Waals surface area contributed by atoms with E-state index in [9.17, 15) is 9.59 Å². The normalized spacial score (nSPS) is 15.1. The molecule has 0 unspecified atom stereocenters. The minimum Gasteiger partial charge on any atom is -0.375 e. The number of hydrogen-bond donors (Lipinski definition) is 0. The molecule has 1 atom stereocenters. The molecule has 4 rings (SSSR count). The van der Waals surface area contributed by atoms with Gasteiger partial charge in [0.05, 0.1) is 19.3 Å². The molecule has 0 radical (unpaired) electrons. The summed E-state index contributed by atoms with van der Waals surface area (Å²) in [6.45, 7) is 4.20. The summed E-state index contributed by atoms with van der Waals surface area (Å²) >= 11 is 6.10. The van der Waals surface area contributed by atoms with E-state index in [1.165, 1.54) is 0 Å². The largest absolute Gasteiger partial charge is 0.375 e. The Balaban J connectivity index is 1.46. The number of hydrogen-bond acceptors (Lipinski definition) is 3. The zero-order valence-corrected chi connectivity index (χ0v) is 20.8. The van der Waals surface area contributed by atoms with Crippen LogP contribution in [0.1, 0.15) is 33.5 Å². The van der Waals surface area contributed by atoms with Gasteiger partial charge in [0.15, 0.2) is 0 Å². The Labute approximate surface area is 212 Å². The van der Waals surface area contributed by atoms with Crippen LogP contribution in [-0.4, -0.2) is 53.9 Å². The lowest BCUT2D eigenvalue weighted by molar-refractivity contribution is -0.134. The summed E-state index contributed by atoms with van der Waals surface area (Å²) in [4.78, 5) is 30.0. The molecule has 2 amide bonds. The van der Waals surface area contributed by atoms with Crippen molar-refractivity contribution < 1.29 is 14.3 Å². The minimum absolute atomic E-state index is 0.0276. The van der Waals surface area contributed by atoms with Gasteiger partial charge in [-0.25, -0.2) is 0 Å². The lowest BCUT2D eigenvalue weighted by Crippen LogP contribution is -2.45. The van der Waals surface area contributed by atoms with E-state index in [1.807, 2.05) is 78.6 Å². The standard InChI is InChI=1S/C29H31ClN2O3/c1-22-7-5-11-25(17-22)29(34)31-14-13-28(33)32(16-15-31)27(19-23-8-3-2-4-9-23)21-35-20-24-10-6-12-26(30)18-24/h2-12,17-18,27H,13-16,19-21H2,1H3/t27-/m0/s1. The third kappa shape index (κ3) is 6.93. The molecule has 182 valence electrons. The first kappa shape index (κ1) is 25.0. The summed E-state index contributed by atoms with van der Waals surface area (Å²) in [5.74, 6) is 0.0250. The summed E-state index contributed by atoms with van der Waals surface area (Å²) in [6, 6.07) is 25.2. The van der Waals surface area contributed by atoms with Gasteiger partial charge >= 0.3 is 0 Å². The van der Waals surface area contributed by atoms with Crippen molar-refractivity contribution in [3.8, 4) is 0 Å². The highest BCUT2D eigenvalue weighted by atomic mass is 35.5. The first-order chi connectivity index (χ1) is 17.0. The van der Waals surface area contributed by atoms with E-state index in [0.29, 0.717) is 56.3 Å². The van der Waals surface area contributed by atoms with E-state index in [0.717, 1.165) is 16.7 Å². The third-order valence-corrected chi connectivity index (χ3v) is 6.54. The molecule has 0 bridgehead atoms. The molecule has 5 nitrogen and oxygen atoms in total. The Morgan fingerprint density at radius 2 is 1.71 bits per heavy atom. The van der Waals surface area contributed by atoms with Crippen LogP contribution in [0.15, 0.2) is 78.9 Å². The molecule has 1 fully saturated rings. The fourth-order valence-electron chi connectivity index (χ4n) is 4.47. The van der Waals surface area contributed by atoms with Crippen LogP contribution in [0.4, 0.5) is 0 Å². The summed E-state index contributed by atoms with van der Waals surface area (Å²) in [6.07, 6.45) is 0.991. The number of nitrogens with zero attached hydrogens (tertiary/aromatic N) is 2. The predicted octanol–water partition coefficient (Wildman–Crippen LogP) is 5.15. The van der Waals surface area contributed by atoms with Crippen molar-refractivity contribution in [1.29, 1.82) is 0 Å². The maximum atomic E-state index is 13.2. The summed E-state index contributed by atoms with van der Waals surface area (Å²) < 4.78 is 6.08. The van der Waals surface area contributed by atoms with Crippen LogP contribution < -0.4 is 0 Å². The predicted molar refractivity (Wildman–Crippen MR) is 138 cm³/mol. The van der Waals surface area contributed by atoms with Crippen LogP contribution in [0.3, 0.4) is 0 Å². The highest BCUT2D eigenvalue weighted by Gasteiger charge is 2.29. The van der Waals surface area contributed by atoms with Gasteiger partial charge in [0.25, 0.3) is 5.91 Å². The van der Waals surface area contributed by atoms with Crippen molar-refractivity contribution in [2.75, 3.05) is 26.2 Å². The molecule has 3 aromatic rings. The van der Waals surface area contributed by atoms with Gasteiger partial charge in [-0.1, -0.05) is 71.8 Å². The SMILES string of the molecule is Cc1cccc(C(=O)N2CCC(=O)N([C@H](COCc3cccc(Cl)c3)Cc3ccccc3)CC2)c1. The van der Waals surface area contributed by atoms with Crippen LogP contribution in [0.2, 0.25) is 5.02 Å². The van der Waals surface area contributed by atoms with Crippen LogP contribution in [0, 0.1) is 6.92 Å². The molecule has 0 spiro atoms. The van der Waals surface area contributed by atoms with E-state index >= 15 is 0 Å². The van der Waals surface area contributed by atoms with E-state index in [-0.39, 0.29) is 17.9 Å². The topological polar surface area (TPSA) is 49.9 Å². The van der Waals surface area contributed by atoms with Gasteiger partial charge in [-0.2, -0.15) is 0 Å². The molecule has 0 aliphatic carbocycles. The van der Waals surface area contributed by atoms with E-state index < -0.39 is 0 Å². The van der Waals surface area contributed by atoms with Gasteiger partial charge in [0.1, 0.15) is 0 Å². The van der Waals surface area contributed by atoms with Crippen molar-refractivity contribution in [2.24, 2.45) is 0 Å². The van der Waals surface area contributed by atoms with Gasteiger partial charge in [0, 0.05) is 36.6 Å². The number of benzene rings is 3. The first-order valence-corrected chi connectivity index (χ1v) is 12.4. The molecule has 0 aromatic heterocycles. The van der Waals surface area contributed by atoms with Gasteiger partial charge in [-0.3, -0.25) is 9.59 Å². The van der Waals surface area contributed by atoms with Crippen LogP contribution in [0.25, 0.3) is 0 Å². The minimum atomic E-state index is -0.127. The molecular weight excluding hydrogens is 460 g/mol. The van der Waals surface area contributed by atoms with Crippen LogP contribution in [-0.2, 0) is 22.6 Å². The zero-order chi connectivity index (χ0) is 24.6. The number of ether oxygens (including phenoxy) is 1. The Hall–Kier alpha value is -3.15. The molecule has 1 aliphatic rings. The highest BCUT2D eigenvalue weighted by Crippen LogP contribution is 2.18. The van der Waals surface area contributed by atoms with Crippen molar-refractivity contribution in [3.63, 3.8) is 0 Å². The quantitative estimate of drug-likeness (QED) is 0.438. The second kappa shape index (κ2) is 12.0. The molecule has 1 heterocycles. The first-order valence-electron chi connectivity index (χ1n) is 12.0. The van der Waals surface area contributed by atoms with Crippen LogP contribution in [0.5, 0.6) is 0 Å². The lowest BCUT2D eigenvalue weighted by atomic mass is 10.0. The molecule has 1 aliphatic heterocycles. The Morgan fingerprint density at radius 1 is 0.943 bits per heavy atom. The summed E-state index contributed by atoms with van der Waals surface area (Å²) in [5.41, 5.74) is 3.85. The molecule has 0 saturated carbocycles. The second-order valence-electron chi connectivity index (χ2n) is 8.99. The number of carbonyl (C=O) groups is 2. The molecule has 1 saturated heterocycles. The van der Waals surface area contributed by atoms with E-state index in [2.05, 4.69) is 12.1 Å². The van der Waals surface area contributed by atoms with Gasteiger partial charge in [0.2, 0.25) is 5.91 Å². The summed E-state index contributed by atoms with van der Waals surface area (Å²) in [5, 5.41) is 0.674. The number of amides is 2. The Kier molecular flexibility index (Phi) is 8.56. The van der Waals surface area contributed by atoms with Gasteiger partial charge < -0.3 is 14.5 Å². The average molecular weight is 491 g/mol. The smallest absolute Gasteiger partial charge is 0.253 e. The van der Waals surface area contributed by atoms with Crippen molar-refractivity contribution in [3.05, 3.63) is 106 Å². The van der Waals surface area contributed by atoms with Crippen molar-refractivity contribution >= 4 is 23.4 Å². The number of carbonyl (C=O) groups excluding carboxylic acids is 2. The fourth-order valence-corrected chi connectivity index (χ4v) is 4.69. The molecule has 35 heavy (non-hydrogen) atoms. The molecule has 0 N–H and O–H groups in total. The molecule has 3 aromatic carbocycles. The van der Waals surface area contributed by atoms with Crippen molar-refractivity contribution in [2.45, 2.75) is 32.4 Å². The van der Waals surface area contributed by atoms with E-state index in [1.54, 1.807) is 4.90 Å². The van der Waals surface area contributed by atoms with Gasteiger partial charge in [-0.15, -0.1) is 0 Å². The Morgan fingerprint density at radius 3 is 2.49 bits per heavy atom. The number of rotatable bonds is 8. The fraction of sp³-hybridized carbons (Fsp3) is 0.310. The van der Waals surface area contributed by atoms with Crippen molar-refractivity contribution in [1.82, 2.24) is 9.80 Å². The monoisotopic (exact) mass is 490 g/mol. The van der Waals surface area contributed by atoms with E-state index in [4.69, 9.17) is 16.3 Å². The average Bonchev–Trinajstić information content (AvgIpc) is 3.05. The number of aryl methyl sites for hydroxylation is 1. The molecular formula is C29H31ClN2O3. The highest BCUT2D eigenvalue weighted by molar-refractivity contribution is 6.30. The third-order valence-electron chi connectivity index (χ3n) is 6.30. The lowest BCUT2D eigenvalue weighted by Gasteiger charge is -2.31. The Bertz CT molecular complexity index is 1150. The second-order valence-corrected chi connectivity index (χ2v) is 9.42. The summed E-state index contributed by atoms with van der Waals surface area (Å²) in [7, 11) is 0. The number of halogens is 1. The van der Waals surface area contributed by atoms with Gasteiger partial charge in [-0.05, 0) is 48.7 Å². The maximum Gasteiger partial charge on any atom is 0.253 e. The molecule has 6 heteroatoms. The maximum absolute atomic E-state index is 13.2. The zero-order valence-electron chi connectivity index (χ0n) is 20.0. The van der Waals surface area contributed by atoms with Crippen LogP contribution >= 0.6 is 11.6 Å².